The van der Waals surface area contributed by atoms with Crippen molar-refractivity contribution in [2.75, 3.05) is 14.2 Å². The number of ether oxygens (including phenoxy) is 2. The SMILES string of the molecule is CCCCCCCCCCCC(=O)NCc1cc(OC)cc(OC)c1. The molecular weight excluding hydrogens is 314 g/mol. The van der Waals surface area contributed by atoms with Gasteiger partial charge in [0, 0.05) is 19.0 Å². The van der Waals surface area contributed by atoms with Crippen molar-refractivity contribution in [2.45, 2.75) is 77.7 Å². The Morgan fingerprint density at radius 1 is 0.840 bits per heavy atom. The van der Waals surface area contributed by atoms with Crippen molar-refractivity contribution >= 4 is 5.91 Å². The Morgan fingerprint density at radius 2 is 1.36 bits per heavy atom. The van der Waals surface area contributed by atoms with Gasteiger partial charge in [-0.2, -0.15) is 0 Å². The van der Waals surface area contributed by atoms with E-state index in [1.165, 1.54) is 44.9 Å². The van der Waals surface area contributed by atoms with Gasteiger partial charge in [0.15, 0.2) is 0 Å². The first-order valence-electron chi connectivity index (χ1n) is 9.68. The van der Waals surface area contributed by atoms with Crippen LogP contribution in [-0.4, -0.2) is 20.1 Å². The van der Waals surface area contributed by atoms with Crippen LogP contribution in [-0.2, 0) is 11.3 Å². The van der Waals surface area contributed by atoms with E-state index in [-0.39, 0.29) is 5.91 Å². The lowest BCUT2D eigenvalue weighted by Gasteiger charge is -2.09. The lowest BCUT2D eigenvalue weighted by molar-refractivity contribution is -0.121. The summed E-state index contributed by atoms with van der Waals surface area (Å²) >= 11 is 0. The molecule has 0 saturated carbocycles. The van der Waals surface area contributed by atoms with Crippen molar-refractivity contribution in [2.24, 2.45) is 0 Å². The molecular formula is C21H35NO3. The number of nitrogens with one attached hydrogen (secondary N) is 1. The van der Waals surface area contributed by atoms with Gasteiger partial charge in [0.25, 0.3) is 0 Å². The summed E-state index contributed by atoms with van der Waals surface area (Å²) in [4.78, 5) is 12.0. The average molecular weight is 350 g/mol. The predicted molar refractivity (Wildman–Crippen MR) is 103 cm³/mol. The Morgan fingerprint density at radius 3 is 1.88 bits per heavy atom. The number of amides is 1. The molecule has 0 atom stereocenters. The van der Waals surface area contributed by atoms with E-state index < -0.39 is 0 Å². The third-order valence-electron chi connectivity index (χ3n) is 4.41. The monoisotopic (exact) mass is 349 g/mol. The lowest BCUT2D eigenvalue weighted by atomic mass is 10.1. The van der Waals surface area contributed by atoms with Crippen molar-refractivity contribution in [3.63, 3.8) is 0 Å². The molecule has 0 fully saturated rings. The van der Waals surface area contributed by atoms with E-state index in [1.54, 1.807) is 14.2 Å². The normalized spacial score (nSPS) is 10.5. The largest absolute Gasteiger partial charge is 0.497 e. The van der Waals surface area contributed by atoms with Crippen LogP contribution >= 0.6 is 0 Å². The van der Waals surface area contributed by atoms with E-state index in [1.807, 2.05) is 18.2 Å². The number of carbonyl (C=O) groups is 1. The molecule has 0 aliphatic heterocycles. The first-order valence-corrected chi connectivity index (χ1v) is 9.68. The highest BCUT2D eigenvalue weighted by atomic mass is 16.5. The Hall–Kier alpha value is -1.71. The summed E-state index contributed by atoms with van der Waals surface area (Å²) in [6, 6.07) is 5.66. The fraction of sp³-hybridized carbons (Fsp3) is 0.667. The molecule has 0 aliphatic carbocycles. The number of methoxy groups -OCH3 is 2. The number of benzene rings is 1. The van der Waals surface area contributed by atoms with Crippen LogP contribution in [0.15, 0.2) is 18.2 Å². The molecule has 1 rings (SSSR count). The van der Waals surface area contributed by atoms with Crippen molar-refractivity contribution in [3.05, 3.63) is 23.8 Å². The molecule has 0 spiro atoms. The molecule has 142 valence electrons. The van der Waals surface area contributed by atoms with E-state index in [4.69, 9.17) is 9.47 Å². The Labute approximate surface area is 153 Å². The van der Waals surface area contributed by atoms with Crippen molar-refractivity contribution < 1.29 is 14.3 Å². The highest BCUT2D eigenvalue weighted by Crippen LogP contribution is 2.22. The molecule has 1 amide bonds. The first-order chi connectivity index (χ1) is 12.2. The van der Waals surface area contributed by atoms with Gasteiger partial charge in [0.1, 0.15) is 11.5 Å². The molecule has 0 heterocycles. The molecule has 0 unspecified atom stereocenters. The highest BCUT2D eigenvalue weighted by Gasteiger charge is 2.05. The van der Waals surface area contributed by atoms with Crippen LogP contribution in [0.5, 0.6) is 11.5 Å². The zero-order valence-corrected chi connectivity index (χ0v) is 16.2. The molecule has 25 heavy (non-hydrogen) atoms. The van der Waals surface area contributed by atoms with E-state index in [0.29, 0.717) is 13.0 Å². The van der Waals surface area contributed by atoms with Crippen LogP contribution in [0.2, 0.25) is 0 Å². The van der Waals surface area contributed by atoms with E-state index >= 15 is 0 Å². The molecule has 1 aromatic carbocycles. The fourth-order valence-corrected chi connectivity index (χ4v) is 2.85. The van der Waals surface area contributed by atoms with Crippen molar-refractivity contribution in [1.29, 1.82) is 0 Å². The summed E-state index contributed by atoms with van der Waals surface area (Å²) < 4.78 is 10.5. The summed E-state index contributed by atoms with van der Waals surface area (Å²) in [6.07, 6.45) is 12.0. The first kappa shape index (κ1) is 21.3. The highest BCUT2D eigenvalue weighted by molar-refractivity contribution is 5.75. The number of rotatable bonds is 14. The van der Waals surface area contributed by atoms with Crippen LogP contribution in [0.3, 0.4) is 0 Å². The van der Waals surface area contributed by atoms with Gasteiger partial charge in [-0.05, 0) is 24.1 Å². The van der Waals surface area contributed by atoms with Crippen molar-refractivity contribution in [1.82, 2.24) is 5.32 Å². The van der Waals surface area contributed by atoms with E-state index in [9.17, 15) is 4.79 Å². The van der Waals surface area contributed by atoms with Gasteiger partial charge in [0.05, 0.1) is 14.2 Å². The van der Waals surface area contributed by atoms with Gasteiger partial charge >= 0.3 is 0 Å². The lowest BCUT2D eigenvalue weighted by Crippen LogP contribution is -2.22. The molecule has 1 aromatic rings. The van der Waals surface area contributed by atoms with Gasteiger partial charge < -0.3 is 14.8 Å². The third-order valence-corrected chi connectivity index (χ3v) is 4.41. The topological polar surface area (TPSA) is 47.6 Å². The molecule has 4 heteroatoms. The minimum atomic E-state index is 0.115. The molecule has 0 aliphatic rings. The van der Waals surface area contributed by atoms with Gasteiger partial charge in [-0.25, -0.2) is 0 Å². The zero-order chi connectivity index (χ0) is 18.3. The van der Waals surface area contributed by atoms with Crippen LogP contribution in [0.1, 0.15) is 76.7 Å². The maximum absolute atomic E-state index is 12.0. The Kier molecular flexibility index (Phi) is 11.6. The molecule has 0 radical (unpaired) electrons. The number of unbranched alkanes of at least 4 members (excludes halogenated alkanes) is 8. The van der Waals surface area contributed by atoms with Crippen LogP contribution in [0.4, 0.5) is 0 Å². The molecule has 0 bridgehead atoms. The van der Waals surface area contributed by atoms with Crippen LogP contribution in [0, 0.1) is 0 Å². The van der Waals surface area contributed by atoms with Gasteiger partial charge in [-0.1, -0.05) is 58.3 Å². The smallest absolute Gasteiger partial charge is 0.220 e. The number of hydrogen-bond donors (Lipinski definition) is 1. The van der Waals surface area contributed by atoms with E-state index in [2.05, 4.69) is 12.2 Å². The summed E-state index contributed by atoms with van der Waals surface area (Å²) in [6.45, 7) is 2.75. The fourth-order valence-electron chi connectivity index (χ4n) is 2.85. The second kappa shape index (κ2) is 13.6. The summed E-state index contributed by atoms with van der Waals surface area (Å²) in [5, 5.41) is 2.98. The third kappa shape index (κ3) is 10.0. The molecule has 0 aromatic heterocycles. The minimum absolute atomic E-state index is 0.115. The average Bonchev–Trinajstić information content (AvgIpc) is 2.64. The van der Waals surface area contributed by atoms with Gasteiger partial charge in [-0.3, -0.25) is 4.79 Å². The predicted octanol–water partition coefficient (Wildman–Crippen LogP) is 5.24. The number of carbonyl (C=O) groups excluding carboxylic acids is 1. The second-order valence-corrected chi connectivity index (χ2v) is 6.58. The zero-order valence-electron chi connectivity index (χ0n) is 16.2. The minimum Gasteiger partial charge on any atom is -0.497 e. The standard InChI is InChI=1S/C21H35NO3/c1-4-5-6-7-8-9-10-11-12-13-21(23)22-17-18-14-19(24-2)16-20(15-18)25-3/h14-16H,4-13,17H2,1-3H3,(H,22,23). The second-order valence-electron chi connectivity index (χ2n) is 6.58. The quantitative estimate of drug-likeness (QED) is 0.467. The van der Waals surface area contributed by atoms with Gasteiger partial charge in [0.2, 0.25) is 5.91 Å². The van der Waals surface area contributed by atoms with E-state index in [0.717, 1.165) is 29.9 Å². The molecule has 1 N–H and O–H groups in total. The summed E-state index contributed by atoms with van der Waals surface area (Å²) in [5.41, 5.74) is 0.983. The van der Waals surface area contributed by atoms with Gasteiger partial charge in [-0.15, -0.1) is 0 Å². The maximum Gasteiger partial charge on any atom is 0.220 e. The maximum atomic E-state index is 12.0. The molecule has 4 nitrogen and oxygen atoms in total. The van der Waals surface area contributed by atoms with Crippen molar-refractivity contribution in [3.8, 4) is 11.5 Å². The number of hydrogen-bond acceptors (Lipinski definition) is 3. The van der Waals surface area contributed by atoms with Crippen LogP contribution in [0.25, 0.3) is 0 Å². The summed E-state index contributed by atoms with van der Waals surface area (Å²) in [7, 11) is 3.25. The molecule has 0 saturated heterocycles. The Bertz CT molecular complexity index is 466. The summed E-state index contributed by atoms with van der Waals surface area (Å²) in [5.74, 6) is 1.59. The Balaban J connectivity index is 2.13. The van der Waals surface area contributed by atoms with Crippen LogP contribution < -0.4 is 14.8 Å².